The van der Waals surface area contributed by atoms with Crippen LogP contribution >= 0.6 is 0 Å². The molecule has 1 radical (unpaired) electrons. The van der Waals surface area contributed by atoms with E-state index in [0.29, 0.717) is 11.1 Å². The molecule has 21 heavy (non-hydrogen) atoms. The Morgan fingerprint density at radius 3 is 1.33 bits per heavy atom. The van der Waals surface area contributed by atoms with E-state index in [1.165, 1.54) is 0 Å². The van der Waals surface area contributed by atoms with Gasteiger partial charge in [-0.1, -0.05) is 47.9 Å². The Kier molecular flexibility index (Phi) is 10.6. The summed E-state index contributed by atoms with van der Waals surface area (Å²) < 4.78 is 0. The minimum atomic E-state index is 0. The fourth-order valence-corrected chi connectivity index (χ4v) is 1.46. The summed E-state index contributed by atoms with van der Waals surface area (Å²) in [5.41, 5.74) is 6.99. The van der Waals surface area contributed by atoms with Crippen molar-refractivity contribution in [1.82, 2.24) is 12.3 Å². The van der Waals surface area contributed by atoms with Gasteiger partial charge in [0.05, 0.1) is 0 Å². The second kappa shape index (κ2) is 10.5. The summed E-state index contributed by atoms with van der Waals surface area (Å²) >= 11 is 0. The predicted octanol–water partition coefficient (Wildman–Crippen LogP) is 3.90. The third-order valence-electron chi connectivity index (χ3n) is 2.41. The second-order valence-electron chi connectivity index (χ2n) is 3.69. The van der Waals surface area contributed by atoms with E-state index in [-0.39, 0.29) is 40.6 Å². The molecule has 0 amide bonds. The van der Waals surface area contributed by atoms with Crippen molar-refractivity contribution in [3.05, 3.63) is 71.1 Å². The molecule has 2 aromatic rings. The van der Waals surface area contributed by atoms with Crippen LogP contribution in [0.1, 0.15) is 11.1 Å². The molecule has 0 aliphatic rings. The first kappa shape index (κ1) is 21.1. The largest absolute Gasteiger partial charge is 0.507 e. The van der Waals surface area contributed by atoms with Gasteiger partial charge in [-0.3, -0.25) is 0 Å². The van der Waals surface area contributed by atoms with E-state index in [1.807, 2.05) is 12.1 Å². The van der Waals surface area contributed by atoms with Gasteiger partial charge in [0.25, 0.3) is 0 Å². The van der Waals surface area contributed by atoms with Crippen LogP contribution in [0.4, 0.5) is 0 Å². The normalized spacial score (nSPS) is 7.81. The molecule has 0 aromatic heterocycles. The molecule has 0 aliphatic carbocycles. The Hall–Kier alpha value is -2.23. The van der Waals surface area contributed by atoms with E-state index in [9.17, 15) is 10.2 Å². The van der Waals surface area contributed by atoms with Crippen LogP contribution in [-0.4, -0.2) is 10.2 Å². The minimum absolute atomic E-state index is 0. The van der Waals surface area contributed by atoms with Gasteiger partial charge in [-0.2, -0.15) is 0 Å². The third-order valence-corrected chi connectivity index (χ3v) is 2.41. The maximum Gasteiger partial charge on any atom is 0.123 e. The summed E-state index contributed by atoms with van der Waals surface area (Å²) in [4.78, 5) is 0. The molecule has 0 saturated heterocycles. The first-order valence-corrected chi connectivity index (χ1v) is 5.51. The molecule has 0 spiro atoms. The van der Waals surface area contributed by atoms with Crippen molar-refractivity contribution in [2.45, 2.75) is 0 Å². The first-order chi connectivity index (χ1) is 8.77. The minimum Gasteiger partial charge on any atom is -0.507 e. The van der Waals surface area contributed by atoms with Crippen molar-refractivity contribution in [3.8, 4) is 11.5 Å². The predicted molar refractivity (Wildman–Crippen MR) is 82.2 cm³/mol. The maximum atomic E-state index is 9.52. The van der Waals surface area contributed by atoms with Crippen molar-refractivity contribution in [2.75, 3.05) is 0 Å². The molecule has 0 unspecified atom stereocenters. The fraction of sp³-hybridized carbons (Fsp3) is 0. The van der Waals surface area contributed by atoms with Gasteiger partial charge in [-0.15, -0.1) is 0 Å². The average molecular weight is 329 g/mol. The molecule has 4 nitrogen and oxygen atoms in total. The van der Waals surface area contributed by atoms with Gasteiger partial charge in [-0.25, -0.2) is 0 Å². The topological polar surface area (TPSA) is 110 Å². The van der Waals surface area contributed by atoms with E-state index in [1.54, 1.807) is 48.6 Å². The van der Waals surface area contributed by atoms with Gasteiger partial charge < -0.3 is 22.5 Å². The number of phenols is 2. The molecular weight excluding hydrogens is 311 g/mol. The van der Waals surface area contributed by atoms with Crippen LogP contribution in [-0.2, 0) is 16.8 Å². The van der Waals surface area contributed by atoms with E-state index in [0.717, 1.165) is 0 Å². The van der Waals surface area contributed by atoms with Crippen LogP contribution in [0.2, 0.25) is 0 Å². The van der Waals surface area contributed by atoms with Crippen molar-refractivity contribution in [3.63, 3.8) is 0 Å². The smallest absolute Gasteiger partial charge is 0.123 e. The SMILES string of the molecule is N.N.Oc1ccccc1C=C=C=Cc1ccccc1O.[Co]. The third kappa shape index (κ3) is 6.16. The van der Waals surface area contributed by atoms with E-state index >= 15 is 0 Å². The van der Waals surface area contributed by atoms with Crippen LogP contribution < -0.4 is 12.3 Å². The molecule has 0 bridgehead atoms. The van der Waals surface area contributed by atoms with Crippen molar-refractivity contribution in [2.24, 2.45) is 0 Å². The van der Waals surface area contributed by atoms with Crippen LogP contribution in [0, 0.1) is 0 Å². The number of phenolic OH excluding ortho intramolecular Hbond substituents is 2. The number of aromatic hydroxyl groups is 2. The van der Waals surface area contributed by atoms with Crippen molar-refractivity contribution >= 4 is 12.2 Å². The Morgan fingerprint density at radius 2 is 1.00 bits per heavy atom. The van der Waals surface area contributed by atoms with Crippen molar-refractivity contribution in [1.29, 1.82) is 0 Å². The quantitative estimate of drug-likeness (QED) is 0.626. The Morgan fingerprint density at radius 1 is 0.667 bits per heavy atom. The molecule has 5 heteroatoms. The van der Waals surface area contributed by atoms with Crippen molar-refractivity contribution < 1.29 is 27.0 Å². The molecule has 0 heterocycles. The summed E-state index contributed by atoms with van der Waals surface area (Å²) in [5.74, 6) is 0.406. The second-order valence-corrected chi connectivity index (χ2v) is 3.69. The van der Waals surface area contributed by atoms with Gasteiger partial charge >= 0.3 is 0 Å². The van der Waals surface area contributed by atoms with E-state index in [4.69, 9.17) is 0 Å². The number of rotatable bonds is 2. The molecule has 0 saturated carbocycles. The van der Waals surface area contributed by atoms with Gasteiger partial charge in [-0.05, 0) is 24.3 Å². The van der Waals surface area contributed by atoms with Crippen LogP contribution in [0.25, 0.3) is 12.2 Å². The van der Waals surface area contributed by atoms with Crippen LogP contribution in [0.3, 0.4) is 0 Å². The number of para-hydroxylation sites is 2. The van der Waals surface area contributed by atoms with Gasteiger partial charge in [0.1, 0.15) is 11.5 Å². The molecule has 113 valence electrons. The molecule has 2 aromatic carbocycles. The van der Waals surface area contributed by atoms with Gasteiger partial charge in [0.2, 0.25) is 0 Å². The zero-order valence-corrected chi connectivity index (χ0v) is 12.5. The van der Waals surface area contributed by atoms with Gasteiger partial charge in [0.15, 0.2) is 0 Å². The monoisotopic (exact) mass is 329 g/mol. The van der Waals surface area contributed by atoms with Crippen LogP contribution in [0.15, 0.2) is 60.0 Å². The number of hydrogen-bond acceptors (Lipinski definition) is 4. The zero-order chi connectivity index (χ0) is 12.8. The standard InChI is InChI=1S/C16H12O2.Co.2H3N/c17-15-11-5-3-9-13(15)7-1-2-8-14-10-4-6-12-16(14)18;;;/h3-12,17-18H;;2*1H3. The number of hydrogen-bond donors (Lipinski definition) is 4. The first-order valence-electron chi connectivity index (χ1n) is 5.51. The van der Waals surface area contributed by atoms with E-state index < -0.39 is 0 Å². The molecular formula is C16H18CoN2O2. The summed E-state index contributed by atoms with van der Waals surface area (Å²) in [6, 6.07) is 14.0. The average Bonchev–Trinajstić information content (AvgIpc) is 2.38. The zero-order valence-electron chi connectivity index (χ0n) is 11.4. The van der Waals surface area contributed by atoms with Crippen LogP contribution in [0.5, 0.6) is 11.5 Å². The molecule has 0 aliphatic heterocycles. The summed E-state index contributed by atoms with van der Waals surface area (Å²) in [7, 11) is 0. The Balaban J connectivity index is 0. The Labute approximate surface area is 134 Å². The molecule has 0 fully saturated rings. The molecule has 2 rings (SSSR count). The molecule has 0 atom stereocenters. The summed E-state index contributed by atoms with van der Waals surface area (Å²) in [5, 5.41) is 19.0. The summed E-state index contributed by atoms with van der Waals surface area (Å²) in [6.45, 7) is 0. The van der Waals surface area contributed by atoms with E-state index in [2.05, 4.69) is 11.5 Å². The maximum absolute atomic E-state index is 9.52. The number of benzene rings is 2. The molecule has 8 N–H and O–H groups in total. The van der Waals surface area contributed by atoms with Gasteiger partial charge in [0, 0.05) is 27.9 Å². The summed E-state index contributed by atoms with van der Waals surface area (Å²) in [6.07, 6.45) is 3.26. The Bertz CT molecular complexity index is 601. The fourth-order valence-electron chi connectivity index (χ4n) is 1.46.